The van der Waals surface area contributed by atoms with E-state index in [1.54, 1.807) is 18.2 Å². The van der Waals surface area contributed by atoms with Gasteiger partial charge >= 0.3 is 0 Å². The smallest absolute Gasteiger partial charge is 0.243 e. The largest absolute Gasteiger partial charge is 0.490 e. The molecule has 0 radical (unpaired) electrons. The summed E-state index contributed by atoms with van der Waals surface area (Å²) in [6, 6.07) is 5.10. The van der Waals surface area contributed by atoms with E-state index in [-0.39, 0.29) is 18.4 Å². The van der Waals surface area contributed by atoms with Gasteiger partial charge in [0.25, 0.3) is 0 Å². The van der Waals surface area contributed by atoms with E-state index in [2.05, 4.69) is 10.6 Å². The van der Waals surface area contributed by atoms with Gasteiger partial charge in [-0.05, 0) is 18.6 Å². The van der Waals surface area contributed by atoms with Crippen LogP contribution in [-0.4, -0.2) is 25.0 Å². The minimum atomic E-state index is -0.334. The summed E-state index contributed by atoms with van der Waals surface area (Å²) in [5.74, 6) is -0.148. The number of ether oxygens (including phenoxy) is 1. The number of para-hydroxylation sites is 1. The number of benzene rings is 1. The predicted octanol–water partition coefficient (Wildman–Crippen LogP) is 2.20. The highest BCUT2D eigenvalue weighted by Gasteiger charge is 2.11. The quantitative estimate of drug-likeness (QED) is 0.841. The molecule has 1 rings (SSSR count). The van der Waals surface area contributed by atoms with Gasteiger partial charge in [-0.15, -0.1) is 0 Å². The Morgan fingerprint density at radius 1 is 1.37 bits per heavy atom. The van der Waals surface area contributed by atoms with Crippen molar-refractivity contribution in [2.24, 2.45) is 0 Å². The summed E-state index contributed by atoms with van der Waals surface area (Å²) in [6.07, 6.45) is 0.838. The summed E-state index contributed by atoms with van der Waals surface area (Å²) in [4.78, 5) is 22.4. The Hall–Kier alpha value is -1.75. The second-order valence-electron chi connectivity index (χ2n) is 3.92. The first kappa shape index (κ1) is 15.3. The van der Waals surface area contributed by atoms with Gasteiger partial charge in [0.05, 0.1) is 23.9 Å². The lowest BCUT2D eigenvalue weighted by molar-refractivity contribution is -0.122. The van der Waals surface area contributed by atoms with Gasteiger partial charge in [0, 0.05) is 6.92 Å². The number of nitrogens with one attached hydrogen (secondary N) is 2. The van der Waals surface area contributed by atoms with Crippen molar-refractivity contribution in [3.63, 3.8) is 0 Å². The van der Waals surface area contributed by atoms with E-state index in [0.717, 1.165) is 6.42 Å². The molecule has 0 atom stereocenters. The Kier molecular flexibility index (Phi) is 6.15. The van der Waals surface area contributed by atoms with E-state index in [1.807, 2.05) is 6.92 Å². The molecule has 1 aromatic carbocycles. The summed E-state index contributed by atoms with van der Waals surface area (Å²) >= 11 is 6.03. The van der Waals surface area contributed by atoms with Crippen LogP contribution in [0.5, 0.6) is 5.75 Å². The van der Waals surface area contributed by atoms with Crippen molar-refractivity contribution in [3.8, 4) is 5.75 Å². The molecule has 19 heavy (non-hydrogen) atoms. The van der Waals surface area contributed by atoms with E-state index < -0.39 is 0 Å². The van der Waals surface area contributed by atoms with Crippen LogP contribution in [0.25, 0.3) is 0 Å². The molecule has 0 aliphatic rings. The Morgan fingerprint density at radius 2 is 2.11 bits per heavy atom. The fourth-order valence-electron chi connectivity index (χ4n) is 1.36. The molecule has 6 heteroatoms. The van der Waals surface area contributed by atoms with Crippen molar-refractivity contribution in [2.45, 2.75) is 20.3 Å². The van der Waals surface area contributed by atoms with Crippen molar-refractivity contribution in [1.82, 2.24) is 5.32 Å². The van der Waals surface area contributed by atoms with Crippen LogP contribution < -0.4 is 15.4 Å². The normalized spacial score (nSPS) is 9.84. The molecule has 0 heterocycles. The van der Waals surface area contributed by atoms with Crippen LogP contribution in [0.4, 0.5) is 5.69 Å². The van der Waals surface area contributed by atoms with E-state index >= 15 is 0 Å². The van der Waals surface area contributed by atoms with E-state index in [0.29, 0.717) is 23.1 Å². The van der Waals surface area contributed by atoms with Crippen LogP contribution in [-0.2, 0) is 9.59 Å². The molecule has 1 aromatic rings. The number of rotatable bonds is 6. The number of hydrogen-bond acceptors (Lipinski definition) is 3. The van der Waals surface area contributed by atoms with E-state index in [9.17, 15) is 9.59 Å². The zero-order valence-electron chi connectivity index (χ0n) is 11.0. The van der Waals surface area contributed by atoms with Gasteiger partial charge in [-0.1, -0.05) is 24.6 Å². The average Bonchev–Trinajstić information content (AvgIpc) is 2.36. The highest BCUT2D eigenvalue weighted by molar-refractivity contribution is 6.32. The second kappa shape index (κ2) is 7.63. The molecular weight excluding hydrogens is 268 g/mol. The fraction of sp³-hybridized carbons (Fsp3) is 0.385. The molecule has 0 saturated heterocycles. The molecule has 0 aliphatic heterocycles. The maximum Gasteiger partial charge on any atom is 0.243 e. The Bertz CT molecular complexity index is 463. The highest BCUT2D eigenvalue weighted by atomic mass is 35.5. The first-order chi connectivity index (χ1) is 9.04. The Labute approximate surface area is 117 Å². The standard InChI is InChI=1S/C13H17ClN2O3/c1-3-7-19-13-10(14)5-4-6-11(13)16-12(18)8-15-9(2)17/h4-6H,3,7-8H2,1-2H3,(H,15,17)(H,16,18). The molecule has 0 unspecified atom stereocenters. The van der Waals surface area contributed by atoms with Gasteiger partial charge in [0.1, 0.15) is 0 Å². The van der Waals surface area contributed by atoms with Crippen LogP contribution in [0.2, 0.25) is 5.02 Å². The lowest BCUT2D eigenvalue weighted by Crippen LogP contribution is -2.31. The lowest BCUT2D eigenvalue weighted by Gasteiger charge is -2.13. The van der Waals surface area contributed by atoms with Crippen LogP contribution in [0.3, 0.4) is 0 Å². The van der Waals surface area contributed by atoms with Crippen molar-refractivity contribution < 1.29 is 14.3 Å². The van der Waals surface area contributed by atoms with Crippen molar-refractivity contribution in [2.75, 3.05) is 18.5 Å². The summed E-state index contributed by atoms with van der Waals surface area (Å²) < 4.78 is 5.51. The van der Waals surface area contributed by atoms with Gasteiger partial charge in [-0.25, -0.2) is 0 Å². The van der Waals surface area contributed by atoms with Gasteiger partial charge in [-0.2, -0.15) is 0 Å². The topological polar surface area (TPSA) is 67.4 Å². The summed E-state index contributed by atoms with van der Waals surface area (Å²) in [6.45, 7) is 3.75. The molecule has 0 bridgehead atoms. The van der Waals surface area contributed by atoms with Gasteiger partial charge in [-0.3, -0.25) is 9.59 Å². The summed E-state index contributed by atoms with van der Waals surface area (Å²) in [5, 5.41) is 5.51. The molecular formula is C13H17ClN2O3. The Balaban J connectivity index is 2.73. The number of anilines is 1. The van der Waals surface area contributed by atoms with E-state index in [1.165, 1.54) is 6.92 Å². The zero-order valence-corrected chi connectivity index (χ0v) is 11.7. The molecule has 0 saturated carbocycles. The highest BCUT2D eigenvalue weighted by Crippen LogP contribution is 2.32. The summed E-state index contributed by atoms with van der Waals surface area (Å²) in [5.41, 5.74) is 0.497. The number of hydrogen-bond donors (Lipinski definition) is 2. The molecule has 0 aliphatic carbocycles. The third kappa shape index (κ3) is 5.18. The van der Waals surface area contributed by atoms with Crippen LogP contribution >= 0.6 is 11.6 Å². The van der Waals surface area contributed by atoms with Gasteiger partial charge in [0.2, 0.25) is 11.8 Å². The van der Waals surface area contributed by atoms with Crippen LogP contribution in [0.15, 0.2) is 18.2 Å². The number of carbonyl (C=O) groups excluding carboxylic acids is 2. The number of halogens is 1. The number of carbonyl (C=O) groups is 2. The molecule has 5 nitrogen and oxygen atoms in total. The van der Waals surface area contributed by atoms with Crippen LogP contribution in [0, 0.1) is 0 Å². The molecule has 104 valence electrons. The third-order valence-electron chi connectivity index (χ3n) is 2.19. The van der Waals surface area contributed by atoms with Gasteiger partial charge in [0.15, 0.2) is 5.75 Å². The van der Waals surface area contributed by atoms with Crippen molar-refractivity contribution in [3.05, 3.63) is 23.2 Å². The van der Waals surface area contributed by atoms with Crippen molar-refractivity contribution >= 4 is 29.1 Å². The van der Waals surface area contributed by atoms with Gasteiger partial charge < -0.3 is 15.4 Å². The third-order valence-corrected chi connectivity index (χ3v) is 2.49. The molecule has 0 aromatic heterocycles. The first-order valence-electron chi connectivity index (χ1n) is 6.00. The maximum atomic E-state index is 11.6. The zero-order chi connectivity index (χ0) is 14.3. The molecule has 0 fully saturated rings. The van der Waals surface area contributed by atoms with E-state index in [4.69, 9.17) is 16.3 Å². The van der Waals surface area contributed by atoms with Crippen molar-refractivity contribution in [1.29, 1.82) is 0 Å². The summed E-state index contributed by atoms with van der Waals surface area (Å²) in [7, 11) is 0. The predicted molar refractivity (Wildman–Crippen MR) is 74.6 cm³/mol. The first-order valence-corrected chi connectivity index (χ1v) is 6.38. The molecule has 0 spiro atoms. The van der Waals surface area contributed by atoms with Crippen LogP contribution in [0.1, 0.15) is 20.3 Å². The average molecular weight is 285 g/mol. The maximum absolute atomic E-state index is 11.6. The molecule has 2 amide bonds. The minimum Gasteiger partial charge on any atom is -0.490 e. The Morgan fingerprint density at radius 3 is 2.74 bits per heavy atom. The SMILES string of the molecule is CCCOc1c(Cl)cccc1NC(=O)CNC(C)=O. The second-order valence-corrected chi connectivity index (χ2v) is 4.33. The lowest BCUT2D eigenvalue weighted by atomic mass is 10.3. The number of amides is 2. The molecule has 2 N–H and O–H groups in total. The fourth-order valence-corrected chi connectivity index (χ4v) is 1.59. The monoisotopic (exact) mass is 284 g/mol. The minimum absolute atomic E-state index is 0.0882.